The monoisotopic (exact) mass is 214 g/mol. The van der Waals surface area contributed by atoms with E-state index in [0.29, 0.717) is 0 Å². The van der Waals surface area contributed by atoms with Crippen LogP contribution in [0.2, 0.25) is 10.0 Å². The summed E-state index contributed by atoms with van der Waals surface area (Å²) in [5.74, 6) is 0. The Bertz CT molecular complexity index is 273. The summed E-state index contributed by atoms with van der Waals surface area (Å²) < 4.78 is 36.4. The molecule has 0 saturated heterocycles. The van der Waals surface area contributed by atoms with E-state index in [9.17, 15) is 13.2 Å². The molecule has 5 heteroatoms. The first-order chi connectivity index (χ1) is 5.43. The van der Waals surface area contributed by atoms with Crippen molar-refractivity contribution >= 4 is 23.2 Å². The quantitative estimate of drug-likeness (QED) is 0.613. The van der Waals surface area contributed by atoms with Crippen LogP contribution in [0, 0.1) is 0 Å². The van der Waals surface area contributed by atoms with Gasteiger partial charge in [-0.15, -0.1) is 0 Å². The van der Waals surface area contributed by atoms with Gasteiger partial charge >= 0.3 is 6.18 Å². The van der Waals surface area contributed by atoms with E-state index < -0.39 is 11.7 Å². The number of hydrogen-bond acceptors (Lipinski definition) is 0. The van der Waals surface area contributed by atoms with E-state index in [-0.39, 0.29) is 10.0 Å². The summed E-state index contributed by atoms with van der Waals surface area (Å²) in [4.78, 5) is 0. The second-order valence-electron chi connectivity index (χ2n) is 2.09. The molecule has 0 spiro atoms. The lowest BCUT2D eigenvalue weighted by Gasteiger charge is -2.09. The van der Waals surface area contributed by atoms with Gasteiger partial charge in [-0.1, -0.05) is 29.3 Å². The van der Waals surface area contributed by atoms with Crippen LogP contribution in [0.4, 0.5) is 13.2 Å². The molecule has 0 bridgehead atoms. The SMILES string of the molecule is FC(F)(F)c1c(Cl)cccc1Cl. The highest BCUT2D eigenvalue weighted by molar-refractivity contribution is 6.36. The van der Waals surface area contributed by atoms with Gasteiger partial charge in [0.15, 0.2) is 0 Å². The smallest absolute Gasteiger partial charge is 0.166 e. The zero-order valence-electron chi connectivity index (χ0n) is 5.62. The van der Waals surface area contributed by atoms with E-state index in [4.69, 9.17) is 23.2 Å². The zero-order valence-corrected chi connectivity index (χ0v) is 7.13. The Morgan fingerprint density at radius 1 is 1.00 bits per heavy atom. The molecular formula is C7H3Cl2F3. The lowest BCUT2D eigenvalue weighted by atomic mass is 10.2. The first kappa shape index (κ1) is 9.68. The van der Waals surface area contributed by atoms with Crippen LogP contribution in [0.3, 0.4) is 0 Å². The van der Waals surface area contributed by atoms with Crippen molar-refractivity contribution in [1.29, 1.82) is 0 Å². The fraction of sp³-hybridized carbons (Fsp3) is 0.143. The second kappa shape index (κ2) is 3.15. The lowest BCUT2D eigenvalue weighted by Crippen LogP contribution is -2.06. The molecule has 1 aromatic carbocycles. The molecule has 0 heterocycles. The Morgan fingerprint density at radius 3 is 1.67 bits per heavy atom. The van der Waals surface area contributed by atoms with E-state index in [2.05, 4.69) is 0 Å². The second-order valence-corrected chi connectivity index (χ2v) is 2.91. The van der Waals surface area contributed by atoms with Crippen LogP contribution in [0.15, 0.2) is 18.2 Å². The van der Waals surface area contributed by atoms with Gasteiger partial charge in [0, 0.05) is 0 Å². The van der Waals surface area contributed by atoms with Crippen LogP contribution in [-0.4, -0.2) is 0 Å². The molecule has 0 unspecified atom stereocenters. The number of rotatable bonds is 0. The van der Waals surface area contributed by atoms with Crippen molar-refractivity contribution in [3.05, 3.63) is 33.8 Å². The number of halogens is 5. The molecular weight excluding hydrogens is 212 g/mol. The number of alkyl halides is 3. The average Bonchev–Trinajstić information content (AvgIpc) is 1.82. The van der Waals surface area contributed by atoms with E-state index in [1.165, 1.54) is 6.07 Å². The van der Waals surface area contributed by atoms with Crippen LogP contribution in [-0.2, 0) is 6.18 Å². The standard InChI is InChI=1S/C7H3Cl2F3/c8-4-2-1-3-5(9)6(4)7(10,11)12/h1-3H. The summed E-state index contributed by atoms with van der Waals surface area (Å²) in [6.07, 6.45) is -4.49. The first-order valence-electron chi connectivity index (χ1n) is 2.94. The van der Waals surface area contributed by atoms with Crippen molar-refractivity contribution in [3.63, 3.8) is 0 Å². The van der Waals surface area contributed by atoms with Gasteiger partial charge < -0.3 is 0 Å². The van der Waals surface area contributed by atoms with Crippen LogP contribution < -0.4 is 0 Å². The summed E-state index contributed by atoms with van der Waals surface area (Å²) in [5, 5.41) is -0.759. The van der Waals surface area contributed by atoms with Crippen molar-refractivity contribution in [2.45, 2.75) is 6.18 Å². The lowest BCUT2D eigenvalue weighted by molar-refractivity contribution is -0.137. The molecule has 12 heavy (non-hydrogen) atoms. The summed E-state index contributed by atoms with van der Waals surface area (Å²) in [7, 11) is 0. The van der Waals surface area contributed by atoms with Gasteiger partial charge in [-0.05, 0) is 12.1 Å². The van der Waals surface area contributed by atoms with E-state index in [1.807, 2.05) is 0 Å². The highest BCUT2D eigenvalue weighted by Crippen LogP contribution is 2.38. The van der Waals surface area contributed by atoms with Gasteiger partial charge in [-0.3, -0.25) is 0 Å². The highest BCUT2D eigenvalue weighted by Gasteiger charge is 2.35. The van der Waals surface area contributed by atoms with E-state index in [1.54, 1.807) is 0 Å². The Labute approximate surface area is 76.9 Å². The van der Waals surface area contributed by atoms with Crippen molar-refractivity contribution < 1.29 is 13.2 Å². The van der Waals surface area contributed by atoms with Gasteiger partial charge in [0.2, 0.25) is 0 Å². The molecule has 0 atom stereocenters. The molecule has 1 aromatic rings. The van der Waals surface area contributed by atoms with Gasteiger partial charge in [-0.25, -0.2) is 0 Å². The summed E-state index contributed by atoms with van der Waals surface area (Å²) >= 11 is 10.6. The molecule has 0 N–H and O–H groups in total. The minimum Gasteiger partial charge on any atom is -0.166 e. The summed E-state index contributed by atoms with van der Waals surface area (Å²) in [6.45, 7) is 0. The minimum atomic E-state index is -4.49. The largest absolute Gasteiger partial charge is 0.419 e. The van der Waals surface area contributed by atoms with Gasteiger partial charge in [0.1, 0.15) is 0 Å². The first-order valence-corrected chi connectivity index (χ1v) is 3.69. The van der Waals surface area contributed by atoms with Crippen LogP contribution in [0.25, 0.3) is 0 Å². The Morgan fingerprint density at radius 2 is 1.42 bits per heavy atom. The zero-order chi connectivity index (χ0) is 9.35. The molecule has 0 aromatic heterocycles. The normalized spacial score (nSPS) is 11.8. The van der Waals surface area contributed by atoms with Gasteiger partial charge in [0.25, 0.3) is 0 Å². The maximum atomic E-state index is 12.1. The molecule has 66 valence electrons. The minimum absolute atomic E-state index is 0.380. The van der Waals surface area contributed by atoms with Crippen molar-refractivity contribution in [1.82, 2.24) is 0 Å². The summed E-state index contributed by atoms with van der Waals surface area (Å²) in [6, 6.07) is 3.66. The maximum Gasteiger partial charge on any atom is 0.419 e. The third kappa shape index (κ3) is 1.84. The van der Waals surface area contributed by atoms with Gasteiger partial charge in [-0.2, -0.15) is 13.2 Å². The molecule has 0 aliphatic carbocycles. The number of benzene rings is 1. The predicted octanol–water partition coefficient (Wildman–Crippen LogP) is 4.01. The maximum absolute atomic E-state index is 12.1. The molecule has 0 saturated carbocycles. The van der Waals surface area contributed by atoms with Crippen LogP contribution in [0.1, 0.15) is 5.56 Å². The van der Waals surface area contributed by atoms with Crippen LogP contribution >= 0.6 is 23.2 Å². The fourth-order valence-corrected chi connectivity index (χ4v) is 1.38. The third-order valence-electron chi connectivity index (χ3n) is 1.25. The topological polar surface area (TPSA) is 0 Å². The third-order valence-corrected chi connectivity index (χ3v) is 1.88. The van der Waals surface area contributed by atoms with Crippen molar-refractivity contribution in [2.24, 2.45) is 0 Å². The fourth-order valence-electron chi connectivity index (χ4n) is 0.769. The Hall–Kier alpha value is -0.410. The van der Waals surface area contributed by atoms with E-state index >= 15 is 0 Å². The molecule has 0 amide bonds. The van der Waals surface area contributed by atoms with Crippen molar-refractivity contribution in [2.75, 3.05) is 0 Å². The average molecular weight is 215 g/mol. The number of hydrogen-bond donors (Lipinski definition) is 0. The molecule has 0 radical (unpaired) electrons. The highest BCUT2D eigenvalue weighted by atomic mass is 35.5. The molecule has 0 aliphatic heterocycles. The molecule has 0 aliphatic rings. The molecule has 1 rings (SSSR count). The van der Waals surface area contributed by atoms with Gasteiger partial charge in [0.05, 0.1) is 15.6 Å². The summed E-state index contributed by atoms with van der Waals surface area (Å²) in [5.41, 5.74) is -0.978. The molecule has 0 nitrogen and oxygen atoms in total. The van der Waals surface area contributed by atoms with E-state index in [0.717, 1.165) is 12.1 Å². The Kier molecular flexibility index (Phi) is 2.54. The van der Waals surface area contributed by atoms with Crippen molar-refractivity contribution in [3.8, 4) is 0 Å². The van der Waals surface area contributed by atoms with Crippen LogP contribution in [0.5, 0.6) is 0 Å². The molecule has 0 fully saturated rings. The predicted molar refractivity (Wildman–Crippen MR) is 41.5 cm³/mol. The Balaban J connectivity index is 3.31.